The first-order valence-electron chi connectivity index (χ1n) is 10.8. The number of methoxy groups -OCH3 is 1. The molecule has 0 saturated carbocycles. The molecule has 1 atom stereocenters. The molecule has 0 bridgehead atoms. The van der Waals surface area contributed by atoms with Gasteiger partial charge < -0.3 is 25.0 Å². The number of benzene rings is 2. The SMILES string of the molecule is COCCOC(=O)C1=C(C)N(C)C(=S)NC1c1ccc(NC(=O)CCc2ccccc2)cc1. The van der Waals surface area contributed by atoms with Gasteiger partial charge in [-0.25, -0.2) is 4.79 Å². The normalized spacial score (nSPS) is 15.8. The van der Waals surface area contributed by atoms with Gasteiger partial charge in [-0.15, -0.1) is 0 Å². The summed E-state index contributed by atoms with van der Waals surface area (Å²) in [6, 6.07) is 16.8. The lowest BCUT2D eigenvalue weighted by Crippen LogP contribution is -2.46. The minimum atomic E-state index is -0.452. The molecule has 0 fully saturated rings. The van der Waals surface area contributed by atoms with E-state index in [1.165, 1.54) is 0 Å². The summed E-state index contributed by atoms with van der Waals surface area (Å²) in [4.78, 5) is 26.9. The molecule has 0 aliphatic carbocycles. The molecule has 1 unspecified atom stereocenters. The van der Waals surface area contributed by atoms with Gasteiger partial charge in [0.2, 0.25) is 5.91 Å². The van der Waals surface area contributed by atoms with Crippen LogP contribution in [0.1, 0.15) is 30.5 Å². The Morgan fingerprint density at radius 2 is 1.79 bits per heavy atom. The van der Waals surface area contributed by atoms with E-state index in [2.05, 4.69) is 10.6 Å². The smallest absolute Gasteiger partial charge is 0.338 e. The first-order valence-corrected chi connectivity index (χ1v) is 11.2. The summed E-state index contributed by atoms with van der Waals surface area (Å²) in [5.74, 6) is -0.474. The van der Waals surface area contributed by atoms with Crippen LogP contribution >= 0.6 is 12.2 Å². The van der Waals surface area contributed by atoms with Crippen LogP contribution < -0.4 is 10.6 Å². The molecule has 0 radical (unpaired) electrons. The lowest BCUT2D eigenvalue weighted by molar-refractivity contribution is -0.140. The monoisotopic (exact) mass is 467 g/mol. The fourth-order valence-electron chi connectivity index (χ4n) is 3.53. The van der Waals surface area contributed by atoms with Gasteiger partial charge in [-0.2, -0.15) is 0 Å². The molecule has 2 aromatic carbocycles. The molecular formula is C25H29N3O4S. The largest absolute Gasteiger partial charge is 0.460 e. The second-order valence-corrected chi connectivity index (χ2v) is 8.11. The Hall–Kier alpha value is -3.23. The Bertz CT molecular complexity index is 1020. The number of nitrogens with zero attached hydrogens (tertiary/aromatic N) is 1. The summed E-state index contributed by atoms with van der Waals surface area (Å²) in [5, 5.41) is 6.66. The van der Waals surface area contributed by atoms with E-state index < -0.39 is 12.0 Å². The van der Waals surface area contributed by atoms with Crippen molar-refractivity contribution < 1.29 is 19.1 Å². The molecule has 33 heavy (non-hydrogen) atoms. The summed E-state index contributed by atoms with van der Waals surface area (Å²) in [5.41, 5.74) is 3.87. The summed E-state index contributed by atoms with van der Waals surface area (Å²) in [7, 11) is 3.36. The van der Waals surface area contributed by atoms with Crippen molar-refractivity contribution in [1.82, 2.24) is 10.2 Å². The molecule has 0 spiro atoms. The summed E-state index contributed by atoms with van der Waals surface area (Å²) >= 11 is 5.43. The maximum atomic E-state index is 12.8. The highest BCUT2D eigenvalue weighted by Crippen LogP contribution is 2.31. The number of allylic oxidation sites excluding steroid dienone is 1. The standard InChI is InChI=1S/C25H29N3O4S/c1-17-22(24(30)32-16-15-31-3)23(27-25(33)28(17)2)19-10-12-20(13-11-19)26-21(29)14-9-18-7-5-4-6-8-18/h4-8,10-13,23H,9,14-16H2,1-3H3,(H,26,29)(H,27,33). The van der Waals surface area contributed by atoms with Gasteiger partial charge in [0.1, 0.15) is 6.61 Å². The van der Waals surface area contributed by atoms with Gasteiger partial charge in [0.25, 0.3) is 0 Å². The summed E-state index contributed by atoms with van der Waals surface area (Å²) < 4.78 is 10.3. The van der Waals surface area contributed by atoms with Crippen molar-refractivity contribution in [2.24, 2.45) is 0 Å². The molecule has 3 rings (SSSR count). The molecule has 8 heteroatoms. The van der Waals surface area contributed by atoms with Crippen LogP contribution in [-0.4, -0.2) is 49.3 Å². The predicted molar refractivity (Wildman–Crippen MR) is 132 cm³/mol. The van der Waals surface area contributed by atoms with E-state index in [4.69, 9.17) is 21.7 Å². The van der Waals surface area contributed by atoms with Crippen molar-refractivity contribution in [3.05, 3.63) is 77.0 Å². The number of hydrogen-bond donors (Lipinski definition) is 2. The predicted octanol–water partition coefficient (Wildman–Crippen LogP) is 3.58. The molecule has 0 saturated heterocycles. The number of hydrogen-bond acceptors (Lipinski definition) is 5. The van der Waals surface area contributed by atoms with Crippen LogP contribution in [0.3, 0.4) is 0 Å². The van der Waals surface area contributed by atoms with Crippen LogP contribution in [0.4, 0.5) is 5.69 Å². The van der Waals surface area contributed by atoms with Crippen molar-refractivity contribution in [1.29, 1.82) is 0 Å². The topological polar surface area (TPSA) is 79.9 Å². The van der Waals surface area contributed by atoms with Crippen molar-refractivity contribution in [2.75, 3.05) is 32.7 Å². The molecule has 0 aromatic heterocycles. The zero-order chi connectivity index (χ0) is 23.8. The molecule has 1 aliphatic rings. The van der Waals surface area contributed by atoms with E-state index in [0.29, 0.717) is 35.8 Å². The van der Waals surface area contributed by atoms with E-state index in [1.807, 2.05) is 61.5 Å². The third-order valence-corrected chi connectivity index (χ3v) is 5.90. The molecule has 7 nitrogen and oxygen atoms in total. The Morgan fingerprint density at radius 1 is 1.09 bits per heavy atom. The van der Waals surface area contributed by atoms with Crippen molar-refractivity contribution in [3.63, 3.8) is 0 Å². The minimum absolute atomic E-state index is 0.0525. The van der Waals surface area contributed by atoms with Crippen LogP contribution in [0, 0.1) is 0 Å². The molecule has 2 N–H and O–H groups in total. The highest BCUT2D eigenvalue weighted by Gasteiger charge is 2.33. The van der Waals surface area contributed by atoms with E-state index >= 15 is 0 Å². The van der Waals surface area contributed by atoms with Gasteiger partial charge in [0.05, 0.1) is 18.2 Å². The third-order valence-electron chi connectivity index (χ3n) is 5.51. The molecule has 1 aliphatic heterocycles. The number of amides is 1. The van der Waals surface area contributed by atoms with Crippen LogP contribution in [0.15, 0.2) is 65.9 Å². The summed E-state index contributed by atoms with van der Waals surface area (Å²) in [6.45, 7) is 2.33. The number of ether oxygens (including phenoxy) is 2. The number of aryl methyl sites for hydroxylation is 1. The van der Waals surface area contributed by atoms with Crippen molar-refractivity contribution in [3.8, 4) is 0 Å². The van der Waals surface area contributed by atoms with Gasteiger partial charge >= 0.3 is 5.97 Å². The fourth-order valence-corrected chi connectivity index (χ4v) is 3.79. The van der Waals surface area contributed by atoms with Crippen LogP contribution in [0.25, 0.3) is 0 Å². The minimum Gasteiger partial charge on any atom is -0.460 e. The molecule has 1 heterocycles. The lowest BCUT2D eigenvalue weighted by Gasteiger charge is -2.35. The second kappa shape index (κ2) is 11.6. The van der Waals surface area contributed by atoms with E-state index in [9.17, 15) is 9.59 Å². The zero-order valence-corrected chi connectivity index (χ0v) is 19.9. The van der Waals surface area contributed by atoms with Crippen LogP contribution in [0.5, 0.6) is 0 Å². The lowest BCUT2D eigenvalue weighted by atomic mass is 9.95. The van der Waals surface area contributed by atoms with Gasteiger partial charge in [-0.1, -0.05) is 42.5 Å². The van der Waals surface area contributed by atoms with Crippen molar-refractivity contribution >= 4 is 34.9 Å². The van der Waals surface area contributed by atoms with Gasteiger partial charge in [-0.05, 0) is 48.8 Å². The number of thiocarbonyl (C=S) groups is 1. The zero-order valence-electron chi connectivity index (χ0n) is 19.1. The number of rotatable bonds is 9. The van der Waals surface area contributed by atoms with Crippen molar-refractivity contribution in [2.45, 2.75) is 25.8 Å². The average molecular weight is 468 g/mol. The first kappa shape index (κ1) is 24.4. The van der Waals surface area contributed by atoms with E-state index in [1.54, 1.807) is 19.1 Å². The number of anilines is 1. The molecule has 2 aromatic rings. The third kappa shape index (κ3) is 6.40. The number of nitrogens with one attached hydrogen (secondary N) is 2. The fraction of sp³-hybridized carbons (Fsp3) is 0.320. The van der Waals surface area contributed by atoms with Gasteiger partial charge in [-0.3, -0.25) is 4.79 Å². The Balaban J connectivity index is 1.70. The van der Waals surface area contributed by atoms with Gasteiger partial charge in [0.15, 0.2) is 5.11 Å². The summed E-state index contributed by atoms with van der Waals surface area (Å²) in [6.07, 6.45) is 1.08. The molecular weight excluding hydrogens is 438 g/mol. The molecule has 174 valence electrons. The van der Waals surface area contributed by atoms with E-state index in [0.717, 1.165) is 16.8 Å². The maximum Gasteiger partial charge on any atom is 0.338 e. The maximum absolute atomic E-state index is 12.8. The Kier molecular flexibility index (Phi) is 8.57. The quantitative estimate of drug-likeness (QED) is 0.331. The van der Waals surface area contributed by atoms with Gasteiger partial charge in [0, 0.05) is 32.0 Å². The highest BCUT2D eigenvalue weighted by molar-refractivity contribution is 7.80. The number of esters is 1. The van der Waals surface area contributed by atoms with Crippen LogP contribution in [-0.2, 0) is 25.5 Å². The average Bonchev–Trinajstić information content (AvgIpc) is 2.82. The first-order chi connectivity index (χ1) is 15.9. The van der Waals surface area contributed by atoms with E-state index in [-0.39, 0.29) is 12.5 Å². The Labute approximate surface area is 199 Å². The van der Waals surface area contributed by atoms with Crippen LogP contribution in [0.2, 0.25) is 0 Å². The number of carbonyl (C=O) groups is 2. The molecule has 1 amide bonds. The second-order valence-electron chi connectivity index (χ2n) is 7.73. The Morgan fingerprint density at radius 3 is 2.45 bits per heavy atom. The highest BCUT2D eigenvalue weighted by atomic mass is 32.1. The number of carbonyl (C=O) groups excluding carboxylic acids is 2.